The molecule has 1 aliphatic carbocycles. The molecule has 166 valence electrons. The molecule has 4 rings (SSSR count). The largest absolute Gasteiger partial charge is 0.484 e. The van der Waals surface area contributed by atoms with Gasteiger partial charge in [0.15, 0.2) is 6.61 Å². The Kier molecular flexibility index (Phi) is 7.00. The molecule has 1 heterocycles. The molecule has 0 aromatic heterocycles. The summed E-state index contributed by atoms with van der Waals surface area (Å²) in [4.78, 5) is 41.9. The van der Waals surface area contributed by atoms with Crippen molar-refractivity contribution in [2.45, 2.75) is 44.6 Å². The minimum atomic E-state index is -0.807. The lowest BCUT2D eigenvalue weighted by atomic mass is 9.97. The maximum atomic E-state index is 13.2. The smallest absolute Gasteiger partial charge is 0.261 e. The van der Waals surface area contributed by atoms with Crippen molar-refractivity contribution in [3.8, 4) is 5.75 Å². The average Bonchev–Trinajstić information content (AvgIpc) is 3.13. The van der Waals surface area contributed by atoms with Gasteiger partial charge in [0.1, 0.15) is 11.8 Å². The number of imide groups is 1. The highest BCUT2D eigenvalue weighted by Gasteiger charge is 2.44. The molecule has 2 aromatic rings. The molecule has 6 nitrogen and oxygen atoms in total. The summed E-state index contributed by atoms with van der Waals surface area (Å²) >= 11 is 0. The molecule has 3 amide bonds. The molecule has 1 saturated heterocycles. The third kappa shape index (κ3) is 5.07. The zero-order valence-electron chi connectivity index (χ0n) is 18.1. The third-order valence-corrected chi connectivity index (χ3v) is 6.00. The van der Waals surface area contributed by atoms with Gasteiger partial charge in [-0.2, -0.15) is 0 Å². The van der Waals surface area contributed by atoms with Crippen molar-refractivity contribution in [2.24, 2.45) is 0 Å². The summed E-state index contributed by atoms with van der Waals surface area (Å²) in [5, 5.41) is 0. The van der Waals surface area contributed by atoms with Crippen LogP contribution in [0.25, 0.3) is 0 Å². The molecule has 6 heteroatoms. The van der Waals surface area contributed by atoms with Gasteiger partial charge in [-0.05, 0) is 56.4 Å². The molecule has 1 aliphatic heterocycles. The molecule has 1 atom stereocenters. The number of carbonyl (C=O) groups excluding carboxylic acids is 3. The van der Waals surface area contributed by atoms with Crippen LogP contribution in [0.1, 0.15) is 38.5 Å². The second-order valence-electron chi connectivity index (χ2n) is 8.17. The normalized spacial score (nSPS) is 18.4. The number of hydrogen-bond acceptors (Lipinski definition) is 4. The van der Waals surface area contributed by atoms with Gasteiger partial charge < -0.3 is 9.64 Å². The number of amides is 3. The number of hydrogen-bond donors (Lipinski definition) is 0. The molecule has 32 heavy (non-hydrogen) atoms. The lowest BCUT2D eigenvalue weighted by molar-refractivity contribution is -0.140. The van der Waals surface area contributed by atoms with Gasteiger partial charge in [-0.3, -0.25) is 14.4 Å². The summed E-state index contributed by atoms with van der Waals surface area (Å²) in [6.45, 7) is 0.224. The summed E-state index contributed by atoms with van der Waals surface area (Å²) in [5.41, 5.74) is 1.85. The van der Waals surface area contributed by atoms with E-state index in [2.05, 4.69) is 6.08 Å². The minimum absolute atomic E-state index is 0.0101. The van der Waals surface area contributed by atoms with Crippen molar-refractivity contribution in [2.75, 3.05) is 18.1 Å². The molecule has 0 saturated carbocycles. The van der Waals surface area contributed by atoms with E-state index < -0.39 is 6.04 Å². The first-order chi connectivity index (χ1) is 15.6. The molecule has 2 aromatic carbocycles. The fourth-order valence-electron chi connectivity index (χ4n) is 4.30. The highest BCUT2D eigenvalue weighted by molar-refractivity contribution is 6.23. The van der Waals surface area contributed by atoms with Crippen molar-refractivity contribution < 1.29 is 19.1 Å². The molecule has 0 radical (unpaired) electrons. The fraction of sp³-hybridized carbons (Fsp3) is 0.346. The molecule has 1 unspecified atom stereocenters. The lowest BCUT2D eigenvalue weighted by Gasteiger charge is -2.28. The summed E-state index contributed by atoms with van der Waals surface area (Å²) in [5.74, 6) is -0.335. The van der Waals surface area contributed by atoms with Crippen LogP contribution in [0.4, 0.5) is 5.69 Å². The van der Waals surface area contributed by atoms with Crippen LogP contribution >= 0.6 is 0 Å². The van der Waals surface area contributed by atoms with Crippen LogP contribution in [0.5, 0.6) is 5.75 Å². The highest BCUT2D eigenvalue weighted by atomic mass is 16.5. The number of benzene rings is 2. The van der Waals surface area contributed by atoms with Gasteiger partial charge in [0.05, 0.1) is 12.1 Å². The summed E-state index contributed by atoms with van der Waals surface area (Å²) < 4.78 is 5.66. The van der Waals surface area contributed by atoms with E-state index in [4.69, 9.17) is 4.74 Å². The third-order valence-electron chi connectivity index (χ3n) is 6.00. The van der Waals surface area contributed by atoms with Gasteiger partial charge in [-0.15, -0.1) is 0 Å². The maximum absolute atomic E-state index is 13.2. The highest BCUT2D eigenvalue weighted by Crippen LogP contribution is 2.27. The SMILES string of the molecule is O=C1CC(N(CCC2=CCCCC2)C(=O)COc2ccccc2)C(=O)N1c1ccccc1. The number of nitrogens with zero attached hydrogens (tertiary/aromatic N) is 2. The number of carbonyl (C=O) groups is 3. The molecular weight excluding hydrogens is 404 g/mol. The van der Waals surface area contributed by atoms with E-state index in [0.29, 0.717) is 24.4 Å². The van der Waals surface area contributed by atoms with E-state index in [1.165, 1.54) is 16.9 Å². The number of rotatable bonds is 8. The molecule has 0 spiro atoms. The van der Waals surface area contributed by atoms with Crippen LogP contribution in [0.15, 0.2) is 72.3 Å². The quantitative estimate of drug-likeness (QED) is 0.465. The van der Waals surface area contributed by atoms with Gasteiger partial charge in [-0.1, -0.05) is 48.0 Å². The van der Waals surface area contributed by atoms with E-state index in [1.807, 2.05) is 24.3 Å². The Labute approximate surface area is 188 Å². The van der Waals surface area contributed by atoms with E-state index in [0.717, 1.165) is 19.3 Å². The van der Waals surface area contributed by atoms with Crippen molar-refractivity contribution >= 4 is 23.4 Å². The zero-order chi connectivity index (χ0) is 22.3. The minimum Gasteiger partial charge on any atom is -0.484 e. The van der Waals surface area contributed by atoms with E-state index in [9.17, 15) is 14.4 Å². The maximum Gasteiger partial charge on any atom is 0.261 e. The van der Waals surface area contributed by atoms with Crippen LogP contribution in [-0.2, 0) is 14.4 Å². The zero-order valence-corrected chi connectivity index (χ0v) is 18.1. The topological polar surface area (TPSA) is 66.9 Å². The second kappa shape index (κ2) is 10.3. The Balaban J connectivity index is 1.51. The first kappa shape index (κ1) is 21.8. The van der Waals surface area contributed by atoms with Crippen LogP contribution in [0.3, 0.4) is 0 Å². The number of allylic oxidation sites excluding steroid dienone is 1. The first-order valence-electron chi connectivity index (χ1n) is 11.2. The van der Waals surface area contributed by atoms with Crippen molar-refractivity contribution in [3.63, 3.8) is 0 Å². The first-order valence-corrected chi connectivity index (χ1v) is 11.2. The standard InChI is InChI=1S/C26H28N2O4/c29-24-18-23(26(31)28(24)21-12-6-2-7-13-21)27(17-16-20-10-4-1-5-11-20)25(30)19-32-22-14-8-3-9-15-22/h2-3,6-10,12-15,23H,1,4-5,11,16-19H2. The van der Waals surface area contributed by atoms with Crippen molar-refractivity contribution in [1.82, 2.24) is 4.90 Å². The average molecular weight is 433 g/mol. The fourth-order valence-corrected chi connectivity index (χ4v) is 4.30. The Morgan fingerprint density at radius 1 is 1.00 bits per heavy atom. The van der Waals surface area contributed by atoms with E-state index in [1.54, 1.807) is 41.3 Å². The molecule has 0 N–H and O–H groups in total. The monoisotopic (exact) mass is 432 g/mol. The summed E-state index contributed by atoms with van der Waals surface area (Å²) in [6.07, 6.45) is 7.37. The number of anilines is 1. The van der Waals surface area contributed by atoms with E-state index >= 15 is 0 Å². The van der Waals surface area contributed by atoms with Gasteiger partial charge in [0.25, 0.3) is 11.8 Å². The van der Waals surface area contributed by atoms with Crippen LogP contribution in [-0.4, -0.2) is 41.8 Å². The van der Waals surface area contributed by atoms with Gasteiger partial charge >= 0.3 is 0 Å². The Hall–Kier alpha value is -3.41. The van der Waals surface area contributed by atoms with Gasteiger partial charge in [0.2, 0.25) is 5.91 Å². The Morgan fingerprint density at radius 3 is 2.41 bits per heavy atom. The predicted molar refractivity (Wildman–Crippen MR) is 122 cm³/mol. The van der Waals surface area contributed by atoms with Gasteiger partial charge in [-0.25, -0.2) is 4.90 Å². The van der Waals surface area contributed by atoms with Crippen molar-refractivity contribution in [1.29, 1.82) is 0 Å². The molecule has 1 fully saturated rings. The molecule has 2 aliphatic rings. The van der Waals surface area contributed by atoms with Crippen LogP contribution < -0.4 is 9.64 Å². The molecular formula is C26H28N2O4. The van der Waals surface area contributed by atoms with Crippen LogP contribution in [0.2, 0.25) is 0 Å². The second-order valence-corrected chi connectivity index (χ2v) is 8.17. The van der Waals surface area contributed by atoms with Gasteiger partial charge in [0, 0.05) is 6.54 Å². The Morgan fingerprint density at radius 2 is 1.72 bits per heavy atom. The lowest BCUT2D eigenvalue weighted by Crippen LogP contribution is -2.47. The number of para-hydroxylation sites is 2. The number of ether oxygens (including phenoxy) is 1. The van der Waals surface area contributed by atoms with E-state index in [-0.39, 0.29) is 30.7 Å². The summed E-state index contributed by atoms with van der Waals surface area (Å²) in [6, 6.07) is 17.2. The Bertz CT molecular complexity index is 987. The van der Waals surface area contributed by atoms with Crippen molar-refractivity contribution in [3.05, 3.63) is 72.3 Å². The predicted octanol–water partition coefficient (Wildman–Crippen LogP) is 4.12. The van der Waals surface area contributed by atoms with Crippen LogP contribution in [0, 0.1) is 0 Å². The molecule has 0 bridgehead atoms. The summed E-state index contributed by atoms with van der Waals surface area (Å²) in [7, 11) is 0.